The Labute approximate surface area is 108 Å². The third kappa shape index (κ3) is 3.70. The van der Waals surface area contributed by atoms with E-state index in [2.05, 4.69) is 5.32 Å². The Hall–Kier alpha value is -1.10. The summed E-state index contributed by atoms with van der Waals surface area (Å²) in [4.78, 5) is 24.3. The monoisotopic (exact) mass is 254 g/mol. The van der Waals surface area contributed by atoms with Crippen molar-refractivity contribution in [3.63, 3.8) is 0 Å². The lowest BCUT2D eigenvalue weighted by atomic mass is 10.0. The summed E-state index contributed by atoms with van der Waals surface area (Å²) in [5.41, 5.74) is 0. The van der Waals surface area contributed by atoms with E-state index in [1.165, 1.54) is 25.7 Å². The third-order valence-electron chi connectivity index (χ3n) is 3.89. The Bertz CT molecular complexity index is 305. The van der Waals surface area contributed by atoms with E-state index in [9.17, 15) is 9.59 Å². The number of carbonyl (C=O) groups excluding carboxylic acids is 1. The van der Waals surface area contributed by atoms with Gasteiger partial charge in [-0.3, -0.25) is 14.5 Å². The molecule has 1 saturated heterocycles. The van der Waals surface area contributed by atoms with Crippen LogP contribution in [0.25, 0.3) is 0 Å². The molecule has 2 rings (SSSR count). The van der Waals surface area contributed by atoms with Crippen LogP contribution in [0.4, 0.5) is 0 Å². The molecule has 18 heavy (non-hydrogen) atoms. The summed E-state index contributed by atoms with van der Waals surface area (Å²) in [6.45, 7) is 1.36. The number of carboxylic acids is 1. The van der Waals surface area contributed by atoms with E-state index in [1.54, 1.807) is 0 Å². The van der Waals surface area contributed by atoms with Crippen molar-refractivity contribution in [3.8, 4) is 0 Å². The largest absolute Gasteiger partial charge is 0.481 e. The van der Waals surface area contributed by atoms with Crippen molar-refractivity contribution in [2.24, 2.45) is 5.92 Å². The van der Waals surface area contributed by atoms with Gasteiger partial charge < -0.3 is 10.4 Å². The van der Waals surface area contributed by atoms with Crippen LogP contribution in [0.15, 0.2) is 0 Å². The van der Waals surface area contributed by atoms with Crippen molar-refractivity contribution in [2.75, 3.05) is 19.6 Å². The van der Waals surface area contributed by atoms with E-state index in [4.69, 9.17) is 5.11 Å². The fourth-order valence-electron chi connectivity index (χ4n) is 2.76. The zero-order chi connectivity index (χ0) is 13.0. The maximum Gasteiger partial charge on any atom is 0.309 e. The number of nitrogens with zero attached hydrogens (tertiary/aromatic N) is 1. The topological polar surface area (TPSA) is 69.6 Å². The minimum Gasteiger partial charge on any atom is -0.481 e. The summed E-state index contributed by atoms with van der Waals surface area (Å²) in [6, 6.07) is 0.330. The van der Waals surface area contributed by atoms with Gasteiger partial charge in [0.05, 0.1) is 12.5 Å². The molecule has 0 aromatic rings. The van der Waals surface area contributed by atoms with Crippen molar-refractivity contribution in [3.05, 3.63) is 0 Å². The first-order valence-corrected chi connectivity index (χ1v) is 6.89. The van der Waals surface area contributed by atoms with E-state index in [-0.39, 0.29) is 11.8 Å². The quantitative estimate of drug-likeness (QED) is 0.729. The first-order chi connectivity index (χ1) is 8.65. The van der Waals surface area contributed by atoms with Gasteiger partial charge in [0.15, 0.2) is 0 Å². The van der Waals surface area contributed by atoms with E-state index in [0.29, 0.717) is 25.7 Å². The SMILES string of the molecule is O=C(CN1CC(C(=O)O)C1)NC1CCCCCC1. The second-order valence-electron chi connectivity index (χ2n) is 5.49. The lowest BCUT2D eigenvalue weighted by molar-refractivity contribution is -0.148. The Morgan fingerprint density at radius 2 is 1.72 bits per heavy atom. The second kappa shape index (κ2) is 6.18. The fraction of sp³-hybridized carbons (Fsp3) is 0.846. The van der Waals surface area contributed by atoms with Crippen LogP contribution >= 0.6 is 0 Å². The summed E-state index contributed by atoms with van der Waals surface area (Å²) < 4.78 is 0. The number of hydrogen-bond donors (Lipinski definition) is 2. The summed E-state index contributed by atoms with van der Waals surface area (Å²) >= 11 is 0. The van der Waals surface area contributed by atoms with Crippen LogP contribution in [-0.2, 0) is 9.59 Å². The number of likely N-dealkylation sites (tertiary alicyclic amines) is 1. The van der Waals surface area contributed by atoms with Gasteiger partial charge in [-0.25, -0.2) is 0 Å². The maximum atomic E-state index is 11.8. The zero-order valence-corrected chi connectivity index (χ0v) is 10.7. The van der Waals surface area contributed by atoms with Crippen LogP contribution in [0.3, 0.4) is 0 Å². The summed E-state index contributed by atoms with van der Waals surface area (Å²) in [5.74, 6) is -0.989. The molecule has 5 nitrogen and oxygen atoms in total. The van der Waals surface area contributed by atoms with Crippen molar-refractivity contribution >= 4 is 11.9 Å². The number of aliphatic carboxylic acids is 1. The molecule has 0 aromatic carbocycles. The first-order valence-electron chi connectivity index (χ1n) is 6.89. The number of carboxylic acid groups (broad SMARTS) is 1. The van der Waals surface area contributed by atoms with Crippen LogP contribution in [0.2, 0.25) is 0 Å². The summed E-state index contributed by atoms with van der Waals surface area (Å²) in [5, 5.41) is 11.8. The normalized spacial score (nSPS) is 23.1. The summed E-state index contributed by atoms with van der Waals surface area (Å²) in [6.07, 6.45) is 7.13. The molecular weight excluding hydrogens is 232 g/mol. The molecule has 0 bridgehead atoms. The van der Waals surface area contributed by atoms with Gasteiger partial charge in [-0.05, 0) is 12.8 Å². The van der Waals surface area contributed by atoms with Crippen LogP contribution < -0.4 is 5.32 Å². The highest BCUT2D eigenvalue weighted by molar-refractivity contribution is 5.79. The minimum atomic E-state index is -0.754. The molecule has 2 aliphatic rings. The lowest BCUT2D eigenvalue weighted by Crippen LogP contribution is -2.54. The Morgan fingerprint density at radius 1 is 1.11 bits per heavy atom. The second-order valence-corrected chi connectivity index (χ2v) is 5.49. The van der Waals surface area contributed by atoms with E-state index in [0.717, 1.165) is 12.8 Å². The molecule has 1 aliphatic heterocycles. The van der Waals surface area contributed by atoms with Gasteiger partial charge in [0.25, 0.3) is 0 Å². The van der Waals surface area contributed by atoms with Gasteiger partial charge in [-0.1, -0.05) is 25.7 Å². The Morgan fingerprint density at radius 3 is 2.28 bits per heavy atom. The van der Waals surface area contributed by atoms with Crippen LogP contribution in [-0.4, -0.2) is 47.6 Å². The summed E-state index contributed by atoms with van der Waals surface area (Å²) in [7, 11) is 0. The van der Waals surface area contributed by atoms with Gasteiger partial charge in [0, 0.05) is 19.1 Å². The average Bonchev–Trinajstić information content (AvgIpc) is 2.50. The standard InChI is InChI=1S/C13H22N2O3/c16-12(9-15-7-10(8-15)13(17)18)14-11-5-3-1-2-4-6-11/h10-11H,1-9H2,(H,14,16)(H,17,18). The fourth-order valence-corrected chi connectivity index (χ4v) is 2.76. The van der Waals surface area contributed by atoms with Crippen molar-refractivity contribution < 1.29 is 14.7 Å². The van der Waals surface area contributed by atoms with Crippen molar-refractivity contribution in [2.45, 2.75) is 44.6 Å². The lowest BCUT2D eigenvalue weighted by Gasteiger charge is -2.36. The Kier molecular flexibility index (Phi) is 4.58. The molecule has 2 N–H and O–H groups in total. The predicted octanol–water partition coefficient (Wildman–Crippen LogP) is 0.842. The maximum absolute atomic E-state index is 11.8. The minimum absolute atomic E-state index is 0.0470. The smallest absolute Gasteiger partial charge is 0.309 e. The number of hydrogen-bond acceptors (Lipinski definition) is 3. The van der Waals surface area contributed by atoms with Crippen molar-refractivity contribution in [1.82, 2.24) is 10.2 Å². The third-order valence-corrected chi connectivity index (χ3v) is 3.89. The van der Waals surface area contributed by atoms with Crippen LogP contribution in [0.1, 0.15) is 38.5 Å². The van der Waals surface area contributed by atoms with Gasteiger partial charge in [-0.15, -0.1) is 0 Å². The number of amides is 1. The average molecular weight is 254 g/mol. The molecule has 0 atom stereocenters. The predicted molar refractivity (Wildman–Crippen MR) is 67.2 cm³/mol. The molecule has 0 spiro atoms. The van der Waals surface area contributed by atoms with Crippen LogP contribution in [0, 0.1) is 5.92 Å². The molecule has 1 amide bonds. The molecular formula is C13H22N2O3. The number of carbonyl (C=O) groups is 2. The van der Waals surface area contributed by atoms with Gasteiger partial charge >= 0.3 is 5.97 Å². The molecule has 1 heterocycles. The highest BCUT2D eigenvalue weighted by atomic mass is 16.4. The molecule has 0 aromatic heterocycles. The van der Waals surface area contributed by atoms with Gasteiger partial charge in [-0.2, -0.15) is 0 Å². The van der Waals surface area contributed by atoms with Crippen molar-refractivity contribution in [1.29, 1.82) is 0 Å². The molecule has 1 aliphatic carbocycles. The zero-order valence-electron chi connectivity index (χ0n) is 10.7. The highest BCUT2D eigenvalue weighted by Crippen LogP contribution is 2.18. The Balaban J connectivity index is 1.65. The number of nitrogens with one attached hydrogen (secondary N) is 1. The highest BCUT2D eigenvalue weighted by Gasteiger charge is 2.33. The number of rotatable bonds is 4. The first kappa shape index (κ1) is 13.3. The van der Waals surface area contributed by atoms with E-state index >= 15 is 0 Å². The molecule has 0 unspecified atom stereocenters. The van der Waals surface area contributed by atoms with E-state index < -0.39 is 5.97 Å². The molecule has 0 radical (unpaired) electrons. The van der Waals surface area contributed by atoms with E-state index in [1.807, 2.05) is 4.90 Å². The molecule has 2 fully saturated rings. The van der Waals surface area contributed by atoms with Gasteiger partial charge in [0.2, 0.25) is 5.91 Å². The molecule has 1 saturated carbocycles. The van der Waals surface area contributed by atoms with Gasteiger partial charge in [0.1, 0.15) is 0 Å². The molecule has 5 heteroatoms. The molecule has 102 valence electrons. The van der Waals surface area contributed by atoms with Crippen LogP contribution in [0.5, 0.6) is 0 Å².